The van der Waals surface area contributed by atoms with E-state index in [1.54, 1.807) is 6.08 Å². The normalized spacial score (nSPS) is 16.3. The number of hydrogen-bond acceptors (Lipinski definition) is 3. The van der Waals surface area contributed by atoms with Gasteiger partial charge in [-0.15, -0.1) is 0 Å². The van der Waals surface area contributed by atoms with Gasteiger partial charge >= 0.3 is 0 Å². The number of carbonyl (C=O) groups is 2. The number of rotatable bonds is 4. The van der Waals surface area contributed by atoms with Crippen molar-refractivity contribution in [3.05, 3.63) is 51.6 Å². The zero-order valence-electron chi connectivity index (χ0n) is 17.7. The van der Waals surface area contributed by atoms with Gasteiger partial charge in [-0.2, -0.15) is 0 Å². The van der Waals surface area contributed by atoms with Crippen LogP contribution in [0.1, 0.15) is 61.9 Å². The van der Waals surface area contributed by atoms with Gasteiger partial charge in [0.05, 0.1) is 4.91 Å². The van der Waals surface area contributed by atoms with E-state index in [0.29, 0.717) is 16.7 Å². The summed E-state index contributed by atoms with van der Waals surface area (Å²) in [6.07, 6.45) is 1.80. The summed E-state index contributed by atoms with van der Waals surface area (Å²) >= 11 is 0.990. The Kier molecular flexibility index (Phi) is 5.57. The van der Waals surface area contributed by atoms with Crippen molar-refractivity contribution in [1.29, 1.82) is 0 Å². The molecule has 1 aromatic carbocycles. The van der Waals surface area contributed by atoms with E-state index in [0.717, 1.165) is 28.0 Å². The fraction of sp³-hybridized carbons (Fsp3) is 0.391. The first-order valence-corrected chi connectivity index (χ1v) is 10.5. The molecule has 0 radical (unpaired) electrons. The molecule has 28 heavy (non-hydrogen) atoms. The van der Waals surface area contributed by atoms with E-state index in [4.69, 9.17) is 0 Å². The first-order chi connectivity index (χ1) is 13.1. The highest BCUT2D eigenvalue weighted by molar-refractivity contribution is 8.18. The summed E-state index contributed by atoms with van der Waals surface area (Å²) in [6.45, 7) is 11.1. The number of nitrogens with zero attached hydrogens (tertiary/aromatic N) is 2. The number of hydrogen-bond donors (Lipinski definition) is 0. The third kappa shape index (κ3) is 3.55. The zero-order chi connectivity index (χ0) is 20.7. The number of amides is 2. The molecule has 5 heteroatoms. The van der Waals surface area contributed by atoms with Gasteiger partial charge in [0.1, 0.15) is 0 Å². The highest BCUT2D eigenvalue weighted by atomic mass is 32.2. The third-order valence-corrected chi connectivity index (χ3v) is 6.41. The van der Waals surface area contributed by atoms with Gasteiger partial charge in [-0.05, 0) is 83.1 Å². The van der Waals surface area contributed by atoms with Crippen LogP contribution in [0.3, 0.4) is 0 Å². The zero-order valence-corrected chi connectivity index (χ0v) is 18.5. The molecular formula is C23H28N2O2S. The first-order valence-electron chi connectivity index (χ1n) is 9.63. The van der Waals surface area contributed by atoms with Gasteiger partial charge in [0, 0.05) is 25.5 Å². The number of carbonyl (C=O) groups excluding carboxylic acids is 2. The Morgan fingerprint density at radius 1 is 0.964 bits per heavy atom. The Hall–Kier alpha value is -2.27. The molecule has 1 saturated heterocycles. The highest BCUT2D eigenvalue weighted by Crippen LogP contribution is 2.35. The standard InChI is InChI=1S/C23H28N2O2S/c1-13(2)18-10-16(11-19(14(3)4)15(18)5)20-9-8-17(24(20)6)12-21-22(26)25(7)23(27)28-21/h8-14H,1-7H3/b21-12+. The number of aromatic nitrogens is 1. The molecular weight excluding hydrogens is 368 g/mol. The Balaban J connectivity index is 2.08. The lowest BCUT2D eigenvalue weighted by atomic mass is 9.87. The average molecular weight is 397 g/mol. The van der Waals surface area contributed by atoms with Crippen LogP contribution in [0.5, 0.6) is 0 Å². The van der Waals surface area contributed by atoms with E-state index in [9.17, 15) is 9.59 Å². The molecule has 2 heterocycles. The summed E-state index contributed by atoms with van der Waals surface area (Å²) in [7, 11) is 3.52. The van der Waals surface area contributed by atoms with Crippen LogP contribution in [-0.2, 0) is 11.8 Å². The predicted octanol–water partition coefficient (Wildman–Crippen LogP) is 5.91. The molecule has 148 valence electrons. The largest absolute Gasteiger partial charge is 0.344 e. The van der Waals surface area contributed by atoms with Gasteiger partial charge in [-0.1, -0.05) is 27.7 Å². The summed E-state index contributed by atoms with van der Waals surface area (Å²) in [4.78, 5) is 25.6. The highest BCUT2D eigenvalue weighted by Gasteiger charge is 2.32. The van der Waals surface area contributed by atoms with Crippen LogP contribution in [0.2, 0.25) is 0 Å². The first kappa shape index (κ1) is 20.5. The molecule has 3 rings (SSSR count). The summed E-state index contributed by atoms with van der Waals surface area (Å²) in [5, 5.41) is -0.229. The van der Waals surface area contributed by atoms with Crippen molar-refractivity contribution >= 4 is 29.0 Å². The molecule has 1 aliphatic heterocycles. The molecule has 0 bridgehead atoms. The topological polar surface area (TPSA) is 42.3 Å². The molecule has 0 unspecified atom stereocenters. The quantitative estimate of drug-likeness (QED) is 0.603. The van der Waals surface area contributed by atoms with Gasteiger partial charge in [0.25, 0.3) is 11.1 Å². The van der Waals surface area contributed by atoms with Gasteiger partial charge < -0.3 is 4.57 Å². The van der Waals surface area contributed by atoms with Crippen LogP contribution in [-0.4, -0.2) is 27.7 Å². The Labute approximate surface area is 171 Å². The van der Waals surface area contributed by atoms with Crippen LogP contribution >= 0.6 is 11.8 Å². The van der Waals surface area contributed by atoms with E-state index < -0.39 is 0 Å². The maximum atomic E-state index is 12.2. The summed E-state index contributed by atoms with van der Waals surface area (Å²) in [6, 6.07) is 8.65. The van der Waals surface area contributed by atoms with Gasteiger partial charge in [0.2, 0.25) is 0 Å². The summed E-state index contributed by atoms with van der Waals surface area (Å²) < 4.78 is 2.09. The second-order valence-electron chi connectivity index (χ2n) is 8.03. The van der Waals surface area contributed by atoms with E-state index in [-0.39, 0.29) is 11.1 Å². The fourth-order valence-corrected chi connectivity index (χ4v) is 4.56. The van der Waals surface area contributed by atoms with Gasteiger partial charge in [-0.3, -0.25) is 14.5 Å². The third-order valence-electron chi connectivity index (χ3n) is 5.45. The molecule has 1 aliphatic rings. The molecule has 2 amide bonds. The maximum absolute atomic E-state index is 12.2. The Morgan fingerprint density at radius 3 is 2.00 bits per heavy atom. The molecule has 0 N–H and O–H groups in total. The van der Waals surface area contributed by atoms with E-state index in [2.05, 4.69) is 57.4 Å². The Bertz CT molecular complexity index is 953. The molecule has 0 aliphatic carbocycles. The fourth-order valence-electron chi connectivity index (χ4n) is 3.75. The second-order valence-corrected chi connectivity index (χ2v) is 9.03. The smallest absolute Gasteiger partial charge is 0.293 e. The van der Waals surface area contributed by atoms with Crippen LogP contribution in [0.25, 0.3) is 17.3 Å². The van der Waals surface area contributed by atoms with Gasteiger partial charge in [0.15, 0.2) is 0 Å². The summed E-state index contributed by atoms with van der Waals surface area (Å²) in [5.41, 5.74) is 7.31. The van der Waals surface area contributed by atoms with Crippen molar-refractivity contribution < 1.29 is 9.59 Å². The van der Waals surface area contributed by atoms with Crippen molar-refractivity contribution in [2.24, 2.45) is 7.05 Å². The van der Waals surface area contributed by atoms with E-state index >= 15 is 0 Å². The summed E-state index contributed by atoms with van der Waals surface area (Å²) in [5.74, 6) is 0.666. The van der Waals surface area contributed by atoms with Crippen molar-refractivity contribution in [2.45, 2.75) is 46.5 Å². The molecule has 0 saturated carbocycles. The molecule has 0 spiro atoms. The number of thioether (sulfide) groups is 1. The molecule has 0 atom stereocenters. The van der Waals surface area contributed by atoms with Crippen molar-refractivity contribution in [1.82, 2.24) is 9.47 Å². The monoisotopic (exact) mass is 396 g/mol. The number of benzene rings is 1. The van der Waals surface area contributed by atoms with E-state index in [1.165, 1.54) is 29.3 Å². The lowest BCUT2D eigenvalue weighted by Crippen LogP contribution is -2.22. The maximum Gasteiger partial charge on any atom is 0.293 e. The molecule has 1 aromatic heterocycles. The van der Waals surface area contributed by atoms with Crippen LogP contribution in [0.15, 0.2) is 29.2 Å². The van der Waals surface area contributed by atoms with Crippen LogP contribution < -0.4 is 0 Å². The average Bonchev–Trinajstić information content (AvgIpc) is 3.10. The Morgan fingerprint density at radius 2 is 1.54 bits per heavy atom. The lowest BCUT2D eigenvalue weighted by molar-refractivity contribution is -0.121. The molecule has 1 fully saturated rings. The van der Waals surface area contributed by atoms with Crippen molar-refractivity contribution in [2.75, 3.05) is 7.05 Å². The molecule has 4 nitrogen and oxygen atoms in total. The van der Waals surface area contributed by atoms with Crippen molar-refractivity contribution in [3.63, 3.8) is 0 Å². The molecule has 2 aromatic rings. The number of likely N-dealkylation sites (N-methyl/N-ethyl adjacent to an activating group) is 1. The second kappa shape index (κ2) is 7.63. The minimum atomic E-state index is -0.239. The van der Waals surface area contributed by atoms with Gasteiger partial charge in [-0.25, -0.2) is 0 Å². The number of imide groups is 1. The van der Waals surface area contributed by atoms with Crippen LogP contribution in [0.4, 0.5) is 4.79 Å². The minimum absolute atomic E-state index is 0.229. The lowest BCUT2D eigenvalue weighted by Gasteiger charge is -2.19. The van der Waals surface area contributed by atoms with Crippen molar-refractivity contribution in [3.8, 4) is 11.3 Å². The minimum Gasteiger partial charge on any atom is -0.344 e. The predicted molar refractivity (Wildman–Crippen MR) is 117 cm³/mol. The SMILES string of the molecule is Cc1c(C(C)C)cc(-c2ccc(/C=C3/SC(=O)N(C)C3=O)n2C)cc1C(C)C. The van der Waals surface area contributed by atoms with Crippen LogP contribution in [0, 0.1) is 6.92 Å². The van der Waals surface area contributed by atoms with E-state index in [1.807, 2.05) is 13.1 Å².